The molecule has 0 radical (unpaired) electrons. The van der Waals surface area contributed by atoms with Crippen molar-refractivity contribution in [3.63, 3.8) is 0 Å². The smallest absolute Gasteiger partial charge is 0.155 e. The van der Waals surface area contributed by atoms with Crippen LogP contribution in [0.3, 0.4) is 0 Å². The molecule has 21 heavy (non-hydrogen) atoms. The molecule has 1 fully saturated rings. The summed E-state index contributed by atoms with van der Waals surface area (Å²) in [6.07, 6.45) is 3.93. The van der Waals surface area contributed by atoms with E-state index in [2.05, 4.69) is 29.2 Å². The van der Waals surface area contributed by atoms with E-state index in [4.69, 9.17) is 0 Å². The van der Waals surface area contributed by atoms with Gasteiger partial charge in [-0.05, 0) is 33.6 Å². The molecule has 1 N–H and O–H groups in total. The minimum atomic E-state index is -0.607. The van der Waals surface area contributed by atoms with Gasteiger partial charge in [-0.25, -0.2) is 9.50 Å². The Morgan fingerprint density at radius 2 is 2.10 bits per heavy atom. The number of hydrogen-bond acceptors (Lipinski definition) is 4. The number of aromatic nitrogens is 3. The van der Waals surface area contributed by atoms with Crippen molar-refractivity contribution in [2.75, 3.05) is 11.5 Å². The fraction of sp³-hybridized carbons (Fsp3) is 0.600. The summed E-state index contributed by atoms with van der Waals surface area (Å²) >= 11 is 0. The molecule has 6 heteroatoms. The van der Waals surface area contributed by atoms with Gasteiger partial charge < -0.3 is 5.32 Å². The zero-order chi connectivity index (χ0) is 15.0. The molecule has 2 aromatic heterocycles. The van der Waals surface area contributed by atoms with E-state index >= 15 is 0 Å². The first-order chi connectivity index (χ1) is 10.0. The number of rotatable bonds is 3. The molecule has 1 aliphatic heterocycles. The van der Waals surface area contributed by atoms with Gasteiger partial charge in [0.1, 0.15) is 0 Å². The second-order valence-electron chi connectivity index (χ2n) is 5.87. The predicted molar refractivity (Wildman–Crippen MR) is 84.9 cm³/mol. The predicted octanol–water partition coefficient (Wildman–Crippen LogP) is 1.91. The Morgan fingerprint density at radius 1 is 1.38 bits per heavy atom. The van der Waals surface area contributed by atoms with E-state index in [1.165, 1.54) is 5.56 Å². The molecular formula is C15H22N4OS. The lowest BCUT2D eigenvalue weighted by atomic mass is 10.1. The largest absolute Gasteiger partial charge is 0.307 e. The Hall–Kier alpha value is -1.27. The van der Waals surface area contributed by atoms with Gasteiger partial charge in [-0.1, -0.05) is 0 Å². The molecule has 0 aromatic carbocycles. The van der Waals surface area contributed by atoms with E-state index in [0.717, 1.165) is 41.4 Å². The molecule has 1 aliphatic rings. The van der Waals surface area contributed by atoms with Crippen LogP contribution in [0.1, 0.15) is 42.8 Å². The van der Waals surface area contributed by atoms with E-state index < -0.39 is 10.8 Å². The summed E-state index contributed by atoms with van der Waals surface area (Å²) in [5.41, 5.74) is 4.19. The summed E-state index contributed by atoms with van der Waals surface area (Å²) < 4.78 is 13.3. The van der Waals surface area contributed by atoms with Crippen LogP contribution >= 0.6 is 0 Å². The van der Waals surface area contributed by atoms with Crippen molar-refractivity contribution in [1.82, 2.24) is 19.9 Å². The first-order valence-corrected chi connectivity index (χ1v) is 8.96. The molecule has 3 heterocycles. The number of aryl methyl sites for hydroxylation is 2. The van der Waals surface area contributed by atoms with E-state index in [1.807, 2.05) is 23.7 Å². The SMILES string of the molecule is Cc1cc2ncc(C(C)NC3CCS(=O)CC3)c(C)n2n1. The maximum Gasteiger partial charge on any atom is 0.155 e. The summed E-state index contributed by atoms with van der Waals surface area (Å²) in [6, 6.07) is 2.67. The monoisotopic (exact) mass is 306 g/mol. The highest BCUT2D eigenvalue weighted by Gasteiger charge is 2.21. The van der Waals surface area contributed by atoms with Crippen molar-refractivity contribution in [3.8, 4) is 0 Å². The molecule has 1 saturated heterocycles. The lowest BCUT2D eigenvalue weighted by Crippen LogP contribution is -2.37. The van der Waals surface area contributed by atoms with E-state index in [-0.39, 0.29) is 6.04 Å². The van der Waals surface area contributed by atoms with Gasteiger partial charge in [-0.2, -0.15) is 5.10 Å². The number of nitrogens with zero attached hydrogens (tertiary/aromatic N) is 3. The van der Waals surface area contributed by atoms with Crippen molar-refractivity contribution in [1.29, 1.82) is 0 Å². The highest BCUT2D eigenvalue weighted by molar-refractivity contribution is 7.85. The summed E-state index contributed by atoms with van der Waals surface area (Å²) in [5.74, 6) is 1.64. The third-order valence-corrected chi connectivity index (χ3v) is 5.61. The molecule has 1 atom stereocenters. The first kappa shape index (κ1) is 14.7. The highest BCUT2D eigenvalue weighted by Crippen LogP contribution is 2.20. The van der Waals surface area contributed by atoms with Crippen LogP contribution in [0, 0.1) is 13.8 Å². The lowest BCUT2D eigenvalue weighted by Gasteiger charge is -2.27. The fourth-order valence-corrected chi connectivity index (χ4v) is 4.30. The molecule has 114 valence electrons. The van der Waals surface area contributed by atoms with Gasteiger partial charge in [0.05, 0.1) is 5.69 Å². The Morgan fingerprint density at radius 3 is 2.81 bits per heavy atom. The van der Waals surface area contributed by atoms with Gasteiger partial charge in [0.15, 0.2) is 5.65 Å². The maximum absolute atomic E-state index is 11.4. The van der Waals surface area contributed by atoms with Crippen molar-refractivity contribution in [3.05, 3.63) is 29.2 Å². The quantitative estimate of drug-likeness (QED) is 0.941. The van der Waals surface area contributed by atoms with Crippen molar-refractivity contribution in [2.45, 2.75) is 45.7 Å². The van der Waals surface area contributed by atoms with E-state index in [9.17, 15) is 4.21 Å². The summed E-state index contributed by atoms with van der Waals surface area (Å²) in [7, 11) is -0.607. The molecule has 0 spiro atoms. The van der Waals surface area contributed by atoms with Gasteiger partial charge in [0, 0.05) is 57.9 Å². The van der Waals surface area contributed by atoms with Gasteiger partial charge in [-0.15, -0.1) is 0 Å². The zero-order valence-electron chi connectivity index (χ0n) is 12.8. The fourth-order valence-electron chi connectivity index (χ4n) is 3.00. The first-order valence-electron chi connectivity index (χ1n) is 7.47. The third-order valence-electron chi connectivity index (χ3n) is 4.22. The minimum absolute atomic E-state index is 0.225. The van der Waals surface area contributed by atoms with E-state index in [1.54, 1.807) is 0 Å². The maximum atomic E-state index is 11.4. The molecular weight excluding hydrogens is 284 g/mol. The van der Waals surface area contributed by atoms with Gasteiger partial charge in [-0.3, -0.25) is 4.21 Å². The van der Waals surface area contributed by atoms with Crippen LogP contribution in [0.25, 0.3) is 5.65 Å². The Kier molecular flexibility index (Phi) is 4.08. The average Bonchev–Trinajstić information content (AvgIpc) is 2.83. The van der Waals surface area contributed by atoms with Crippen LogP contribution in [0.2, 0.25) is 0 Å². The Labute approximate surface area is 127 Å². The molecule has 0 saturated carbocycles. The molecule has 5 nitrogen and oxygen atoms in total. The molecule has 1 unspecified atom stereocenters. The summed E-state index contributed by atoms with van der Waals surface area (Å²) in [6.45, 7) is 6.24. The molecule has 2 aromatic rings. The number of hydrogen-bond donors (Lipinski definition) is 1. The Balaban J connectivity index is 1.79. The van der Waals surface area contributed by atoms with Crippen molar-refractivity contribution < 1.29 is 4.21 Å². The van der Waals surface area contributed by atoms with Crippen LogP contribution in [0.4, 0.5) is 0 Å². The third kappa shape index (κ3) is 3.01. The van der Waals surface area contributed by atoms with Crippen molar-refractivity contribution in [2.24, 2.45) is 0 Å². The van der Waals surface area contributed by atoms with Crippen LogP contribution in [0.5, 0.6) is 0 Å². The number of fused-ring (bicyclic) bond motifs is 1. The van der Waals surface area contributed by atoms with Gasteiger partial charge in [0.25, 0.3) is 0 Å². The Bertz CT molecular complexity index is 672. The summed E-state index contributed by atoms with van der Waals surface area (Å²) in [5, 5.41) is 8.15. The standard InChI is InChI=1S/C15H22N4OS/c1-10-8-15-16-9-14(12(3)19(15)18-10)11(2)17-13-4-6-21(20)7-5-13/h8-9,11,13,17H,4-7H2,1-3H3. The van der Waals surface area contributed by atoms with Crippen LogP contribution in [-0.2, 0) is 10.8 Å². The number of nitrogens with one attached hydrogen (secondary N) is 1. The minimum Gasteiger partial charge on any atom is -0.307 e. The zero-order valence-corrected chi connectivity index (χ0v) is 13.6. The van der Waals surface area contributed by atoms with Crippen LogP contribution < -0.4 is 5.32 Å². The molecule has 0 aliphatic carbocycles. The molecule has 0 bridgehead atoms. The second kappa shape index (κ2) is 5.85. The molecule has 0 amide bonds. The normalized spacial score (nSPS) is 24.3. The van der Waals surface area contributed by atoms with Crippen molar-refractivity contribution >= 4 is 16.4 Å². The molecule has 3 rings (SSSR count). The van der Waals surface area contributed by atoms with Gasteiger partial charge in [0.2, 0.25) is 0 Å². The second-order valence-corrected chi connectivity index (χ2v) is 7.56. The van der Waals surface area contributed by atoms with E-state index in [0.29, 0.717) is 6.04 Å². The topological polar surface area (TPSA) is 59.3 Å². The summed E-state index contributed by atoms with van der Waals surface area (Å²) in [4.78, 5) is 4.50. The van der Waals surface area contributed by atoms with Gasteiger partial charge >= 0.3 is 0 Å². The lowest BCUT2D eigenvalue weighted by molar-refractivity contribution is 0.424. The average molecular weight is 306 g/mol. The highest BCUT2D eigenvalue weighted by atomic mass is 32.2. The van der Waals surface area contributed by atoms with Crippen LogP contribution in [0.15, 0.2) is 12.3 Å². The van der Waals surface area contributed by atoms with Crippen LogP contribution in [-0.4, -0.2) is 36.4 Å².